The number of aromatic nitrogens is 1. The van der Waals surface area contributed by atoms with Crippen molar-refractivity contribution >= 4 is 5.97 Å². The van der Waals surface area contributed by atoms with Crippen molar-refractivity contribution < 1.29 is 9.53 Å². The highest BCUT2D eigenvalue weighted by Crippen LogP contribution is 2.21. The number of nitrogens with one attached hydrogen (secondary N) is 1. The minimum Gasteiger partial charge on any atom is -0.457 e. The molecule has 90 valence electrons. The van der Waals surface area contributed by atoms with E-state index in [2.05, 4.69) is 11.1 Å². The third-order valence-electron chi connectivity index (χ3n) is 2.77. The summed E-state index contributed by atoms with van der Waals surface area (Å²) in [6.45, 7) is 0. The highest BCUT2D eigenvalue weighted by molar-refractivity contribution is 5.87. The number of carbonyl (C=O) groups excluding carboxylic acids is 1. The molecular weight excluding hydrogens is 230 g/mol. The molecule has 0 radical (unpaired) electrons. The molecule has 0 aliphatic heterocycles. The molecule has 5 heteroatoms. The van der Waals surface area contributed by atoms with E-state index in [0.717, 1.165) is 12.8 Å². The van der Waals surface area contributed by atoms with Crippen LogP contribution in [0, 0.1) is 22.7 Å². The van der Waals surface area contributed by atoms with Gasteiger partial charge in [-0.25, -0.2) is 4.79 Å². The van der Waals surface area contributed by atoms with Crippen LogP contribution in [0.25, 0.3) is 0 Å². The van der Waals surface area contributed by atoms with Gasteiger partial charge in [-0.15, -0.1) is 0 Å². The number of H-pyrrole nitrogens is 1. The quantitative estimate of drug-likeness (QED) is 0.802. The zero-order chi connectivity index (χ0) is 13.0. The van der Waals surface area contributed by atoms with Gasteiger partial charge in [0.05, 0.1) is 6.07 Å². The maximum Gasteiger partial charge on any atom is 0.355 e. The minimum atomic E-state index is -0.485. The molecule has 1 aromatic rings. The Hall–Kier alpha value is -2.53. The second-order valence-corrected chi connectivity index (χ2v) is 4.05. The highest BCUT2D eigenvalue weighted by atomic mass is 16.5. The molecule has 5 nitrogen and oxygen atoms in total. The number of esters is 1. The van der Waals surface area contributed by atoms with E-state index < -0.39 is 5.97 Å². The van der Waals surface area contributed by atoms with Crippen LogP contribution in [0.15, 0.2) is 23.8 Å². The number of nitriles is 2. The number of ether oxygens (including phenoxy) is 1. The minimum absolute atomic E-state index is 0.258. The molecular formula is C13H11N3O2. The van der Waals surface area contributed by atoms with Crippen molar-refractivity contribution in [2.24, 2.45) is 0 Å². The lowest BCUT2D eigenvalue weighted by molar-refractivity contribution is 0.0271. The highest BCUT2D eigenvalue weighted by Gasteiger charge is 2.21. The van der Waals surface area contributed by atoms with Gasteiger partial charge >= 0.3 is 5.97 Å². The number of hydrogen-bond acceptors (Lipinski definition) is 4. The van der Waals surface area contributed by atoms with E-state index in [-0.39, 0.29) is 11.8 Å². The second-order valence-electron chi connectivity index (χ2n) is 4.05. The Labute approximate surface area is 104 Å². The van der Waals surface area contributed by atoms with Gasteiger partial charge in [0.15, 0.2) is 0 Å². The van der Waals surface area contributed by atoms with Crippen molar-refractivity contribution in [1.82, 2.24) is 4.98 Å². The number of allylic oxidation sites excluding steroid dienone is 1. The van der Waals surface area contributed by atoms with Crippen LogP contribution in [-0.4, -0.2) is 17.1 Å². The lowest BCUT2D eigenvalue weighted by atomic mass is 9.98. The van der Waals surface area contributed by atoms with E-state index in [0.29, 0.717) is 17.7 Å². The van der Waals surface area contributed by atoms with Crippen molar-refractivity contribution in [3.05, 3.63) is 35.2 Å². The molecule has 2 rings (SSSR count). The van der Waals surface area contributed by atoms with E-state index in [1.807, 2.05) is 12.1 Å². The standard InChI is InChI=1S/C13H11N3O2/c14-7-9-2-1-3-11(6-9)18-13(17)12-5-4-10(8-15)16-12/h2,4-5,11,16H,1,3,6H2. The van der Waals surface area contributed by atoms with Crippen LogP contribution >= 0.6 is 0 Å². The topological polar surface area (TPSA) is 89.7 Å². The van der Waals surface area contributed by atoms with E-state index >= 15 is 0 Å². The SMILES string of the molecule is N#CC1=CCCC(OC(=O)c2ccc(C#N)[nH]2)C1. The normalized spacial score (nSPS) is 18.3. The Balaban J connectivity index is 1.98. The maximum absolute atomic E-state index is 11.8. The lowest BCUT2D eigenvalue weighted by Gasteiger charge is -2.19. The van der Waals surface area contributed by atoms with Gasteiger partial charge in [0, 0.05) is 12.0 Å². The fourth-order valence-electron chi connectivity index (χ4n) is 1.86. The van der Waals surface area contributed by atoms with Crippen molar-refractivity contribution in [1.29, 1.82) is 10.5 Å². The third kappa shape index (κ3) is 2.58. The summed E-state index contributed by atoms with van der Waals surface area (Å²) >= 11 is 0. The fraction of sp³-hybridized carbons (Fsp3) is 0.308. The molecule has 1 aliphatic rings. The van der Waals surface area contributed by atoms with E-state index in [1.165, 1.54) is 12.1 Å². The fourth-order valence-corrected chi connectivity index (χ4v) is 1.86. The van der Waals surface area contributed by atoms with Gasteiger partial charge in [0.1, 0.15) is 23.6 Å². The predicted octanol–water partition coefficient (Wildman–Crippen LogP) is 2.05. The van der Waals surface area contributed by atoms with Crippen molar-refractivity contribution in [2.45, 2.75) is 25.4 Å². The Bertz CT molecular complexity index is 572. The first-order valence-corrected chi connectivity index (χ1v) is 5.62. The lowest BCUT2D eigenvalue weighted by Crippen LogP contribution is -2.21. The van der Waals surface area contributed by atoms with Crippen molar-refractivity contribution in [2.75, 3.05) is 0 Å². The molecule has 0 saturated heterocycles. The molecule has 0 fully saturated rings. The average Bonchev–Trinajstić information content (AvgIpc) is 2.88. The summed E-state index contributed by atoms with van der Waals surface area (Å²) in [6.07, 6.45) is 3.55. The monoisotopic (exact) mass is 241 g/mol. The molecule has 1 N–H and O–H groups in total. The number of hydrogen-bond donors (Lipinski definition) is 1. The van der Waals surface area contributed by atoms with Crippen LogP contribution in [0.4, 0.5) is 0 Å². The first-order chi connectivity index (χ1) is 8.72. The molecule has 1 aliphatic carbocycles. The first-order valence-electron chi connectivity index (χ1n) is 5.62. The summed E-state index contributed by atoms with van der Waals surface area (Å²) in [4.78, 5) is 14.4. The van der Waals surface area contributed by atoms with E-state index in [1.54, 1.807) is 0 Å². The van der Waals surface area contributed by atoms with Crippen LogP contribution in [0.3, 0.4) is 0 Å². The first kappa shape index (κ1) is 11.9. The summed E-state index contributed by atoms with van der Waals surface area (Å²) < 4.78 is 5.30. The Morgan fingerprint density at radius 1 is 1.39 bits per heavy atom. The number of rotatable bonds is 2. The molecule has 18 heavy (non-hydrogen) atoms. The molecule has 1 unspecified atom stereocenters. The van der Waals surface area contributed by atoms with Gasteiger partial charge in [0.2, 0.25) is 0 Å². The smallest absolute Gasteiger partial charge is 0.355 e. The predicted molar refractivity (Wildman–Crippen MR) is 62.3 cm³/mol. The molecule has 0 spiro atoms. The van der Waals surface area contributed by atoms with Crippen LogP contribution in [0.2, 0.25) is 0 Å². The Kier molecular flexibility index (Phi) is 3.45. The van der Waals surface area contributed by atoms with E-state index in [4.69, 9.17) is 15.3 Å². The van der Waals surface area contributed by atoms with Gasteiger partial charge in [-0.2, -0.15) is 10.5 Å². The average molecular weight is 241 g/mol. The molecule has 1 heterocycles. The molecule has 0 aromatic carbocycles. The number of aromatic amines is 1. The van der Waals surface area contributed by atoms with Gasteiger partial charge in [-0.05, 0) is 25.0 Å². The van der Waals surface area contributed by atoms with Gasteiger partial charge in [-0.3, -0.25) is 0 Å². The van der Waals surface area contributed by atoms with E-state index in [9.17, 15) is 4.79 Å². The zero-order valence-electron chi connectivity index (χ0n) is 9.64. The summed E-state index contributed by atoms with van der Waals surface area (Å²) in [5, 5.41) is 17.4. The summed E-state index contributed by atoms with van der Waals surface area (Å²) in [6, 6.07) is 7.03. The van der Waals surface area contributed by atoms with Gasteiger partial charge in [0.25, 0.3) is 0 Å². The number of nitrogens with zero attached hydrogens (tertiary/aromatic N) is 2. The molecule has 0 amide bonds. The van der Waals surface area contributed by atoms with Crippen LogP contribution in [-0.2, 0) is 4.74 Å². The van der Waals surface area contributed by atoms with Gasteiger partial charge < -0.3 is 9.72 Å². The zero-order valence-corrected chi connectivity index (χ0v) is 9.64. The van der Waals surface area contributed by atoms with Gasteiger partial charge in [-0.1, -0.05) is 6.08 Å². The second kappa shape index (κ2) is 5.20. The van der Waals surface area contributed by atoms with Crippen LogP contribution < -0.4 is 0 Å². The van der Waals surface area contributed by atoms with Crippen LogP contribution in [0.5, 0.6) is 0 Å². The molecule has 0 saturated carbocycles. The summed E-state index contributed by atoms with van der Waals surface area (Å²) in [7, 11) is 0. The summed E-state index contributed by atoms with van der Waals surface area (Å²) in [5.41, 5.74) is 1.24. The van der Waals surface area contributed by atoms with Crippen molar-refractivity contribution in [3.8, 4) is 12.1 Å². The third-order valence-corrected chi connectivity index (χ3v) is 2.77. The maximum atomic E-state index is 11.8. The molecule has 1 atom stereocenters. The Morgan fingerprint density at radius 2 is 2.22 bits per heavy atom. The largest absolute Gasteiger partial charge is 0.457 e. The summed E-state index contributed by atoms with van der Waals surface area (Å²) in [5.74, 6) is -0.485. The van der Waals surface area contributed by atoms with Crippen molar-refractivity contribution in [3.63, 3.8) is 0 Å². The number of carbonyl (C=O) groups is 1. The Morgan fingerprint density at radius 3 is 2.89 bits per heavy atom. The molecule has 0 bridgehead atoms. The van der Waals surface area contributed by atoms with Crippen LogP contribution in [0.1, 0.15) is 35.4 Å². The molecule has 1 aromatic heterocycles.